The van der Waals surface area contributed by atoms with E-state index < -0.39 is 18.1 Å². The number of rotatable bonds is 9. The maximum absolute atomic E-state index is 13.4. The molecule has 1 aliphatic rings. The number of nitrogens with zero attached hydrogens (tertiary/aromatic N) is 1. The molecule has 2 rings (SSSR count). The summed E-state index contributed by atoms with van der Waals surface area (Å²) in [6.07, 6.45) is 6.35. The third-order valence-electron chi connectivity index (χ3n) is 6.60. The van der Waals surface area contributed by atoms with E-state index in [1.54, 1.807) is 19.2 Å². The second-order valence-electron chi connectivity index (χ2n) is 9.61. The number of carbonyl (C=O) groups excluding carboxylic acids is 2. The highest BCUT2D eigenvalue weighted by molar-refractivity contribution is 5.84. The zero-order valence-corrected chi connectivity index (χ0v) is 21.1. The lowest BCUT2D eigenvalue weighted by Gasteiger charge is -2.29. The Morgan fingerprint density at radius 2 is 1.88 bits per heavy atom. The van der Waals surface area contributed by atoms with Crippen LogP contribution in [0.1, 0.15) is 77.2 Å². The monoisotopic (exact) mass is 477 g/mol. The standard InChI is InChI=1S/C27H43NO6/c1-4-7-22(30)19-24-13-10-20(2)8-5-6-9-26(31)28(3)25(27(32)34-24)18-21-11-14-23(15-12-21)33-17-16-29/h11-12,14-15,20,22,24-25,29-30H,4-10,13,16-19H2,1-3H3/t20-,22-,24+,25+/m1/s1. The molecule has 7 heteroatoms. The fourth-order valence-electron chi connectivity index (χ4n) is 4.44. The summed E-state index contributed by atoms with van der Waals surface area (Å²) >= 11 is 0. The molecule has 0 spiro atoms. The van der Waals surface area contributed by atoms with Crippen molar-refractivity contribution in [1.82, 2.24) is 4.90 Å². The summed E-state index contributed by atoms with van der Waals surface area (Å²) in [6, 6.07) is 6.58. The molecule has 1 amide bonds. The predicted octanol–water partition coefficient (Wildman–Crippen LogP) is 3.88. The number of amides is 1. The van der Waals surface area contributed by atoms with Crippen molar-refractivity contribution in [2.45, 2.75) is 96.3 Å². The smallest absolute Gasteiger partial charge is 0.329 e. The Morgan fingerprint density at radius 3 is 2.56 bits per heavy atom. The Hall–Kier alpha value is -2.12. The number of esters is 1. The zero-order valence-electron chi connectivity index (χ0n) is 21.1. The van der Waals surface area contributed by atoms with E-state index in [0.717, 1.165) is 44.1 Å². The summed E-state index contributed by atoms with van der Waals surface area (Å²) in [5.74, 6) is 0.649. The van der Waals surface area contributed by atoms with Gasteiger partial charge in [-0.1, -0.05) is 45.2 Å². The topological polar surface area (TPSA) is 96.3 Å². The van der Waals surface area contributed by atoms with Gasteiger partial charge in [0, 0.05) is 26.3 Å². The molecule has 0 unspecified atom stereocenters. The lowest BCUT2D eigenvalue weighted by atomic mass is 9.94. The molecule has 0 aliphatic carbocycles. The second kappa shape index (κ2) is 15.0. The van der Waals surface area contributed by atoms with Crippen molar-refractivity contribution in [2.75, 3.05) is 20.3 Å². The Kier molecular flexibility index (Phi) is 12.4. The molecule has 1 aliphatic heterocycles. The van der Waals surface area contributed by atoms with Gasteiger partial charge >= 0.3 is 5.97 Å². The molecule has 7 nitrogen and oxygen atoms in total. The lowest BCUT2D eigenvalue weighted by molar-refractivity contribution is -0.160. The third-order valence-corrected chi connectivity index (χ3v) is 6.60. The first-order valence-corrected chi connectivity index (χ1v) is 12.8. The number of carbonyl (C=O) groups is 2. The number of aliphatic hydroxyl groups excluding tert-OH is 2. The van der Waals surface area contributed by atoms with Gasteiger partial charge in [0.05, 0.1) is 12.7 Å². The number of hydrogen-bond donors (Lipinski definition) is 2. The van der Waals surface area contributed by atoms with E-state index in [4.69, 9.17) is 14.6 Å². The summed E-state index contributed by atoms with van der Waals surface area (Å²) in [4.78, 5) is 27.8. The molecule has 2 N–H and O–H groups in total. The van der Waals surface area contributed by atoms with Gasteiger partial charge in [-0.3, -0.25) is 4.79 Å². The van der Waals surface area contributed by atoms with E-state index in [-0.39, 0.29) is 25.2 Å². The minimum Gasteiger partial charge on any atom is -0.491 e. The Bertz CT molecular complexity index is 737. The van der Waals surface area contributed by atoms with Crippen LogP contribution in [0.15, 0.2) is 24.3 Å². The van der Waals surface area contributed by atoms with Crippen molar-refractivity contribution in [1.29, 1.82) is 0 Å². The van der Waals surface area contributed by atoms with E-state index in [9.17, 15) is 14.7 Å². The van der Waals surface area contributed by atoms with Gasteiger partial charge < -0.3 is 24.6 Å². The average Bonchev–Trinajstić information content (AvgIpc) is 2.82. The van der Waals surface area contributed by atoms with Crippen molar-refractivity contribution in [3.8, 4) is 5.75 Å². The minimum absolute atomic E-state index is 0.0562. The van der Waals surface area contributed by atoms with Gasteiger partial charge in [-0.05, 0) is 49.3 Å². The van der Waals surface area contributed by atoms with Crippen LogP contribution in [0, 0.1) is 5.92 Å². The van der Waals surface area contributed by atoms with E-state index in [1.807, 2.05) is 19.1 Å². The molecule has 0 aromatic heterocycles. The first-order chi connectivity index (χ1) is 16.3. The van der Waals surface area contributed by atoms with E-state index in [2.05, 4.69) is 6.92 Å². The Morgan fingerprint density at radius 1 is 1.15 bits per heavy atom. The van der Waals surface area contributed by atoms with E-state index in [0.29, 0.717) is 37.4 Å². The van der Waals surface area contributed by atoms with Crippen LogP contribution in [0.3, 0.4) is 0 Å². The molecule has 0 radical (unpaired) electrons. The number of ether oxygens (including phenoxy) is 2. The van der Waals surface area contributed by atoms with E-state index in [1.165, 1.54) is 4.90 Å². The first kappa shape index (κ1) is 28.1. The molecule has 1 saturated heterocycles. The number of cyclic esters (lactones) is 1. The quantitative estimate of drug-likeness (QED) is 0.524. The highest BCUT2D eigenvalue weighted by Gasteiger charge is 2.31. The summed E-state index contributed by atoms with van der Waals surface area (Å²) in [5, 5.41) is 19.3. The van der Waals surface area contributed by atoms with Crippen molar-refractivity contribution >= 4 is 11.9 Å². The van der Waals surface area contributed by atoms with Gasteiger partial charge in [0.1, 0.15) is 24.5 Å². The Labute approximate surface area is 204 Å². The SMILES string of the molecule is CCC[C@@H](O)C[C@@H]1CC[C@H](C)CCCCC(=O)N(C)[C@@H](Cc2ccc(OCCO)cc2)C(=O)O1. The Balaban J connectivity index is 2.21. The summed E-state index contributed by atoms with van der Waals surface area (Å²) in [7, 11) is 1.68. The van der Waals surface area contributed by atoms with Crippen molar-refractivity contribution in [3.63, 3.8) is 0 Å². The highest BCUT2D eigenvalue weighted by atomic mass is 16.5. The molecular weight excluding hydrogens is 434 g/mol. The van der Waals surface area contributed by atoms with Gasteiger partial charge in [0.2, 0.25) is 5.91 Å². The van der Waals surface area contributed by atoms with Crippen LogP contribution in [-0.2, 0) is 20.7 Å². The number of hydrogen-bond acceptors (Lipinski definition) is 6. The van der Waals surface area contributed by atoms with Crippen molar-refractivity contribution < 1.29 is 29.3 Å². The van der Waals surface area contributed by atoms with Crippen molar-refractivity contribution in [2.24, 2.45) is 5.92 Å². The summed E-state index contributed by atoms with van der Waals surface area (Å²) in [6.45, 7) is 4.38. The minimum atomic E-state index is -0.735. The zero-order chi connectivity index (χ0) is 24.9. The van der Waals surface area contributed by atoms with Crippen LogP contribution < -0.4 is 4.74 Å². The normalized spacial score (nSPS) is 23.9. The van der Waals surface area contributed by atoms with Crippen LogP contribution in [0.5, 0.6) is 5.75 Å². The molecule has 34 heavy (non-hydrogen) atoms. The van der Waals surface area contributed by atoms with Gasteiger partial charge in [-0.2, -0.15) is 0 Å². The molecule has 4 atom stereocenters. The van der Waals surface area contributed by atoms with Gasteiger partial charge in [0.15, 0.2) is 0 Å². The van der Waals surface area contributed by atoms with Crippen molar-refractivity contribution in [3.05, 3.63) is 29.8 Å². The van der Waals surface area contributed by atoms with E-state index >= 15 is 0 Å². The average molecular weight is 478 g/mol. The molecule has 0 bridgehead atoms. The molecule has 1 aromatic carbocycles. The molecular formula is C27H43NO6. The number of likely N-dealkylation sites (N-methyl/N-ethyl adjacent to an activating group) is 1. The van der Waals surface area contributed by atoms with Gasteiger partial charge in [-0.15, -0.1) is 0 Å². The number of benzene rings is 1. The van der Waals surface area contributed by atoms with Crippen LogP contribution in [0.2, 0.25) is 0 Å². The molecule has 1 heterocycles. The largest absolute Gasteiger partial charge is 0.491 e. The van der Waals surface area contributed by atoms with Crippen LogP contribution in [0.4, 0.5) is 0 Å². The van der Waals surface area contributed by atoms with Crippen LogP contribution >= 0.6 is 0 Å². The second-order valence-corrected chi connectivity index (χ2v) is 9.61. The first-order valence-electron chi connectivity index (χ1n) is 12.8. The molecule has 0 saturated carbocycles. The summed E-state index contributed by atoms with van der Waals surface area (Å²) < 4.78 is 11.4. The number of aliphatic hydroxyl groups is 2. The lowest BCUT2D eigenvalue weighted by Crippen LogP contribution is -2.46. The predicted molar refractivity (Wildman–Crippen MR) is 132 cm³/mol. The fraction of sp³-hybridized carbons (Fsp3) is 0.704. The third kappa shape index (κ3) is 9.63. The molecule has 1 fully saturated rings. The van der Waals surface area contributed by atoms with Gasteiger partial charge in [0.25, 0.3) is 0 Å². The van der Waals surface area contributed by atoms with Crippen LogP contribution in [0.25, 0.3) is 0 Å². The maximum Gasteiger partial charge on any atom is 0.329 e. The fourth-order valence-corrected chi connectivity index (χ4v) is 4.44. The molecule has 1 aromatic rings. The molecule has 192 valence electrons. The van der Waals surface area contributed by atoms with Gasteiger partial charge in [-0.25, -0.2) is 4.79 Å². The highest BCUT2D eigenvalue weighted by Crippen LogP contribution is 2.23. The van der Waals surface area contributed by atoms with Crippen LogP contribution in [-0.4, -0.2) is 65.5 Å². The summed E-state index contributed by atoms with van der Waals surface area (Å²) in [5.41, 5.74) is 0.887. The maximum atomic E-state index is 13.4.